The number of aromatic hydroxyl groups is 1. The molecule has 0 radical (unpaired) electrons. The van der Waals surface area contributed by atoms with Crippen molar-refractivity contribution in [3.05, 3.63) is 90.8 Å². The summed E-state index contributed by atoms with van der Waals surface area (Å²) in [6.07, 6.45) is 4.24. The van der Waals surface area contributed by atoms with Crippen molar-refractivity contribution in [2.24, 2.45) is 0 Å². The van der Waals surface area contributed by atoms with Crippen molar-refractivity contribution in [2.75, 3.05) is 14.2 Å². The fourth-order valence-corrected chi connectivity index (χ4v) is 3.44. The van der Waals surface area contributed by atoms with E-state index in [0.29, 0.717) is 12.3 Å². The number of phenols is 1. The number of rotatable bonds is 6. The summed E-state index contributed by atoms with van der Waals surface area (Å²) >= 11 is 0. The first kappa shape index (κ1) is 18.7. The molecule has 0 aliphatic heterocycles. The van der Waals surface area contributed by atoms with Crippen molar-refractivity contribution in [1.29, 1.82) is 0 Å². The summed E-state index contributed by atoms with van der Waals surface area (Å²) in [6, 6.07) is 23.5. The molecule has 0 fully saturated rings. The van der Waals surface area contributed by atoms with Crippen LogP contribution in [0, 0.1) is 0 Å². The molecule has 0 spiro atoms. The van der Waals surface area contributed by atoms with Gasteiger partial charge >= 0.3 is 0 Å². The number of hydrogen-bond acceptors (Lipinski definition) is 3. The Balaban J connectivity index is 1.78. The fourth-order valence-electron chi connectivity index (χ4n) is 3.44. The molecule has 0 unspecified atom stereocenters. The minimum absolute atomic E-state index is 0.304. The number of para-hydroxylation sites is 1. The first-order chi connectivity index (χ1) is 14.2. The Bertz CT molecular complexity index is 1030. The Labute approximate surface area is 170 Å². The van der Waals surface area contributed by atoms with Gasteiger partial charge < -0.3 is 19.1 Å². The van der Waals surface area contributed by atoms with Gasteiger partial charge in [0.2, 0.25) is 0 Å². The van der Waals surface area contributed by atoms with Crippen LogP contribution < -0.4 is 9.47 Å². The van der Waals surface area contributed by atoms with Crippen LogP contribution in [0.1, 0.15) is 5.56 Å². The molecule has 0 atom stereocenters. The third kappa shape index (κ3) is 3.97. The van der Waals surface area contributed by atoms with Gasteiger partial charge in [-0.3, -0.25) is 0 Å². The molecule has 0 amide bonds. The summed E-state index contributed by atoms with van der Waals surface area (Å²) in [5.41, 5.74) is 5.33. The van der Waals surface area contributed by atoms with Crippen LogP contribution in [0.5, 0.6) is 17.2 Å². The van der Waals surface area contributed by atoms with E-state index in [1.165, 1.54) is 0 Å². The van der Waals surface area contributed by atoms with Crippen LogP contribution in [0.15, 0.2) is 85.2 Å². The molecule has 1 aromatic heterocycles. The second kappa shape index (κ2) is 8.15. The van der Waals surface area contributed by atoms with E-state index >= 15 is 0 Å². The van der Waals surface area contributed by atoms with Crippen LogP contribution in [0.3, 0.4) is 0 Å². The molecular formula is C25H23NO3. The van der Waals surface area contributed by atoms with Crippen molar-refractivity contribution in [3.8, 4) is 39.5 Å². The Kier molecular flexibility index (Phi) is 5.25. The van der Waals surface area contributed by atoms with E-state index in [0.717, 1.165) is 39.3 Å². The summed E-state index contributed by atoms with van der Waals surface area (Å²) in [5.74, 6) is 1.96. The zero-order chi connectivity index (χ0) is 20.2. The summed E-state index contributed by atoms with van der Waals surface area (Å²) in [6.45, 7) is 0.589. The minimum atomic E-state index is 0.304. The highest BCUT2D eigenvalue weighted by Crippen LogP contribution is 2.35. The average Bonchev–Trinajstić information content (AvgIpc) is 3.19. The molecular weight excluding hydrogens is 362 g/mol. The molecule has 0 saturated heterocycles. The molecule has 4 rings (SSSR count). The zero-order valence-corrected chi connectivity index (χ0v) is 16.5. The van der Waals surface area contributed by atoms with Gasteiger partial charge in [-0.25, -0.2) is 0 Å². The first-order valence-electron chi connectivity index (χ1n) is 9.43. The molecule has 3 aromatic carbocycles. The molecule has 29 heavy (non-hydrogen) atoms. The van der Waals surface area contributed by atoms with E-state index in [2.05, 4.69) is 41.2 Å². The lowest BCUT2D eigenvalue weighted by Crippen LogP contribution is -1.96. The van der Waals surface area contributed by atoms with Gasteiger partial charge in [0, 0.05) is 29.1 Å². The Morgan fingerprint density at radius 1 is 0.690 bits per heavy atom. The van der Waals surface area contributed by atoms with Gasteiger partial charge in [-0.05, 0) is 41.5 Å². The molecule has 4 heteroatoms. The quantitative estimate of drug-likeness (QED) is 0.470. The SMILES string of the molecule is COc1ccc(-c2cn(Cc3ccccc3O)cc2-c2ccc(OC)cc2)cc1. The Morgan fingerprint density at radius 3 is 1.62 bits per heavy atom. The number of nitrogens with zero attached hydrogens (tertiary/aromatic N) is 1. The predicted octanol–water partition coefficient (Wildman–Crippen LogP) is 5.59. The second-order valence-corrected chi connectivity index (χ2v) is 6.84. The summed E-state index contributed by atoms with van der Waals surface area (Å²) in [7, 11) is 3.33. The molecule has 0 saturated carbocycles. The summed E-state index contributed by atoms with van der Waals surface area (Å²) < 4.78 is 12.7. The molecule has 0 aliphatic carbocycles. The topological polar surface area (TPSA) is 43.6 Å². The molecule has 0 aliphatic rings. The van der Waals surface area contributed by atoms with Gasteiger partial charge in [-0.1, -0.05) is 42.5 Å². The average molecular weight is 385 g/mol. The standard InChI is InChI=1S/C25H23NO3/c1-28-21-11-7-18(8-12-21)23-16-26(15-20-5-3-4-6-25(20)27)17-24(23)19-9-13-22(29-2)14-10-19/h3-14,16-17,27H,15H2,1-2H3. The lowest BCUT2D eigenvalue weighted by atomic mass is 9.99. The third-order valence-corrected chi connectivity index (χ3v) is 5.03. The van der Waals surface area contributed by atoms with Crippen molar-refractivity contribution < 1.29 is 14.6 Å². The fraction of sp³-hybridized carbons (Fsp3) is 0.120. The minimum Gasteiger partial charge on any atom is -0.508 e. The molecule has 146 valence electrons. The van der Waals surface area contributed by atoms with Gasteiger partial charge in [0.25, 0.3) is 0 Å². The Hall–Kier alpha value is -3.66. The molecule has 0 bridgehead atoms. The predicted molar refractivity (Wildman–Crippen MR) is 116 cm³/mol. The first-order valence-corrected chi connectivity index (χ1v) is 9.43. The van der Waals surface area contributed by atoms with Gasteiger partial charge in [0.1, 0.15) is 17.2 Å². The Morgan fingerprint density at radius 2 is 1.17 bits per heavy atom. The number of methoxy groups -OCH3 is 2. The smallest absolute Gasteiger partial charge is 0.120 e. The van der Waals surface area contributed by atoms with E-state index in [9.17, 15) is 5.11 Å². The van der Waals surface area contributed by atoms with Crippen molar-refractivity contribution in [1.82, 2.24) is 4.57 Å². The summed E-state index contributed by atoms with van der Waals surface area (Å²) in [4.78, 5) is 0. The zero-order valence-electron chi connectivity index (χ0n) is 16.5. The van der Waals surface area contributed by atoms with Gasteiger partial charge in [-0.2, -0.15) is 0 Å². The highest BCUT2D eigenvalue weighted by atomic mass is 16.5. The highest BCUT2D eigenvalue weighted by Gasteiger charge is 2.13. The van der Waals surface area contributed by atoms with Crippen molar-refractivity contribution >= 4 is 0 Å². The number of aromatic nitrogens is 1. The maximum Gasteiger partial charge on any atom is 0.120 e. The van der Waals surface area contributed by atoms with Gasteiger partial charge in [0.05, 0.1) is 20.8 Å². The number of hydrogen-bond donors (Lipinski definition) is 1. The molecule has 1 N–H and O–H groups in total. The largest absolute Gasteiger partial charge is 0.508 e. The van der Waals surface area contributed by atoms with Crippen LogP contribution in [0.25, 0.3) is 22.3 Å². The van der Waals surface area contributed by atoms with Crippen LogP contribution in [-0.2, 0) is 6.54 Å². The van der Waals surface area contributed by atoms with E-state index in [4.69, 9.17) is 9.47 Å². The lowest BCUT2D eigenvalue weighted by molar-refractivity contribution is 0.414. The molecule has 4 aromatic rings. The second-order valence-electron chi connectivity index (χ2n) is 6.84. The van der Waals surface area contributed by atoms with E-state index in [1.807, 2.05) is 42.5 Å². The van der Waals surface area contributed by atoms with Gasteiger partial charge in [0.15, 0.2) is 0 Å². The number of phenolic OH excluding ortho intramolecular Hbond substituents is 1. The third-order valence-electron chi connectivity index (χ3n) is 5.03. The number of benzene rings is 3. The number of ether oxygens (including phenoxy) is 2. The normalized spacial score (nSPS) is 10.7. The van der Waals surface area contributed by atoms with Crippen LogP contribution in [-0.4, -0.2) is 23.9 Å². The van der Waals surface area contributed by atoms with E-state index in [1.54, 1.807) is 20.3 Å². The van der Waals surface area contributed by atoms with Crippen LogP contribution in [0.2, 0.25) is 0 Å². The van der Waals surface area contributed by atoms with Crippen LogP contribution >= 0.6 is 0 Å². The van der Waals surface area contributed by atoms with Crippen molar-refractivity contribution in [3.63, 3.8) is 0 Å². The van der Waals surface area contributed by atoms with Crippen molar-refractivity contribution in [2.45, 2.75) is 6.54 Å². The van der Waals surface area contributed by atoms with Gasteiger partial charge in [-0.15, -0.1) is 0 Å². The van der Waals surface area contributed by atoms with E-state index in [-0.39, 0.29) is 0 Å². The lowest BCUT2D eigenvalue weighted by Gasteiger charge is -2.07. The monoisotopic (exact) mass is 385 g/mol. The molecule has 1 heterocycles. The molecule has 4 nitrogen and oxygen atoms in total. The van der Waals surface area contributed by atoms with E-state index < -0.39 is 0 Å². The van der Waals surface area contributed by atoms with Crippen LogP contribution in [0.4, 0.5) is 0 Å². The summed E-state index contributed by atoms with van der Waals surface area (Å²) in [5, 5.41) is 10.2. The maximum atomic E-state index is 10.2. The maximum absolute atomic E-state index is 10.2. The highest BCUT2D eigenvalue weighted by molar-refractivity contribution is 5.83.